The highest BCUT2D eigenvalue weighted by Crippen LogP contribution is 2.51. The zero-order valence-corrected chi connectivity index (χ0v) is 10.3. The van der Waals surface area contributed by atoms with E-state index >= 15 is 0 Å². The van der Waals surface area contributed by atoms with Gasteiger partial charge in [-0.15, -0.1) is 0 Å². The SMILES string of the molecule is COc1ccc(NC(C)=O)cc1C1CC1C(=O)O. The zero-order valence-electron chi connectivity index (χ0n) is 10.3. The molecule has 0 saturated heterocycles. The molecule has 0 spiro atoms. The van der Waals surface area contributed by atoms with E-state index in [-0.39, 0.29) is 17.7 Å². The number of benzene rings is 1. The van der Waals surface area contributed by atoms with E-state index in [2.05, 4.69) is 5.32 Å². The molecule has 1 aromatic carbocycles. The second kappa shape index (κ2) is 4.68. The van der Waals surface area contributed by atoms with Crippen molar-refractivity contribution < 1.29 is 19.4 Å². The highest BCUT2D eigenvalue weighted by molar-refractivity contribution is 5.89. The first-order valence-electron chi connectivity index (χ1n) is 5.71. The molecule has 2 rings (SSSR count). The van der Waals surface area contributed by atoms with E-state index in [0.717, 1.165) is 5.56 Å². The van der Waals surface area contributed by atoms with E-state index in [1.807, 2.05) is 0 Å². The molecule has 1 aliphatic carbocycles. The quantitative estimate of drug-likeness (QED) is 0.853. The largest absolute Gasteiger partial charge is 0.496 e. The summed E-state index contributed by atoms with van der Waals surface area (Å²) in [5.41, 5.74) is 1.51. The van der Waals surface area contributed by atoms with Gasteiger partial charge in [0.25, 0.3) is 0 Å². The minimum Gasteiger partial charge on any atom is -0.496 e. The molecule has 1 amide bonds. The normalized spacial score (nSPS) is 21.2. The Bertz CT molecular complexity index is 498. The van der Waals surface area contributed by atoms with Crippen molar-refractivity contribution in [1.82, 2.24) is 0 Å². The monoisotopic (exact) mass is 249 g/mol. The Hall–Kier alpha value is -2.04. The first-order chi connectivity index (χ1) is 8.52. The Kier molecular flexibility index (Phi) is 3.23. The van der Waals surface area contributed by atoms with E-state index < -0.39 is 5.97 Å². The van der Waals surface area contributed by atoms with Crippen molar-refractivity contribution >= 4 is 17.6 Å². The van der Waals surface area contributed by atoms with Crippen LogP contribution in [-0.2, 0) is 9.59 Å². The number of carbonyl (C=O) groups is 2. The van der Waals surface area contributed by atoms with Gasteiger partial charge in [-0.1, -0.05) is 0 Å². The molecule has 0 bridgehead atoms. The van der Waals surface area contributed by atoms with E-state index in [0.29, 0.717) is 17.9 Å². The number of ether oxygens (including phenoxy) is 1. The van der Waals surface area contributed by atoms with Gasteiger partial charge in [-0.25, -0.2) is 0 Å². The van der Waals surface area contributed by atoms with Crippen LogP contribution in [0.5, 0.6) is 5.75 Å². The smallest absolute Gasteiger partial charge is 0.307 e. The van der Waals surface area contributed by atoms with Crippen LogP contribution in [0.25, 0.3) is 0 Å². The lowest BCUT2D eigenvalue weighted by Crippen LogP contribution is -2.06. The fourth-order valence-corrected chi connectivity index (χ4v) is 2.12. The summed E-state index contributed by atoms with van der Waals surface area (Å²) in [5, 5.41) is 11.6. The fourth-order valence-electron chi connectivity index (χ4n) is 2.12. The maximum Gasteiger partial charge on any atom is 0.307 e. The van der Waals surface area contributed by atoms with Gasteiger partial charge in [-0.2, -0.15) is 0 Å². The number of methoxy groups -OCH3 is 1. The van der Waals surface area contributed by atoms with Crippen LogP contribution >= 0.6 is 0 Å². The summed E-state index contributed by atoms with van der Waals surface area (Å²) in [4.78, 5) is 21.9. The summed E-state index contributed by atoms with van der Waals surface area (Å²) >= 11 is 0. The van der Waals surface area contributed by atoms with Gasteiger partial charge in [0.05, 0.1) is 13.0 Å². The molecular formula is C13H15NO4. The Balaban J connectivity index is 2.26. The summed E-state index contributed by atoms with van der Waals surface area (Å²) in [6, 6.07) is 5.27. The predicted molar refractivity (Wildman–Crippen MR) is 65.8 cm³/mol. The van der Waals surface area contributed by atoms with Crippen LogP contribution in [-0.4, -0.2) is 24.1 Å². The van der Waals surface area contributed by atoms with Gasteiger partial charge in [0.15, 0.2) is 0 Å². The molecule has 1 saturated carbocycles. The van der Waals surface area contributed by atoms with Crippen molar-refractivity contribution in [3.63, 3.8) is 0 Å². The van der Waals surface area contributed by atoms with Crippen molar-refractivity contribution in [2.45, 2.75) is 19.3 Å². The number of carboxylic acid groups (broad SMARTS) is 1. The topological polar surface area (TPSA) is 75.6 Å². The molecular weight excluding hydrogens is 234 g/mol. The summed E-state index contributed by atoms with van der Waals surface area (Å²) in [5.74, 6) is -0.640. The van der Waals surface area contributed by atoms with Crippen LogP contribution in [0, 0.1) is 5.92 Å². The third-order valence-corrected chi connectivity index (χ3v) is 3.06. The molecule has 5 nitrogen and oxygen atoms in total. The van der Waals surface area contributed by atoms with Crippen LogP contribution in [0.3, 0.4) is 0 Å². The molecule has 1 aliphatic rings. The number of anilines is 1. The van der Waals surface area contributed by atoms with Crippen molar-refractivity contribution in [3.05, 3.63) is 23.8 Å². The number of carboxylic acids is 1. The van der Waals surface area contributed by atoms with Gasteiger partial charge >= 0.3 is 5.97 Å². The number of aliphatic carboxylic acids is 1. The summed E-state index contributed by atoms with van der Waals surface area (Å²) in [7, 11) is 1.55. The van der Waals surface area contributed by atoms with Gasteiger partial charge in [-0.3, -0.25) is 9.59 Å². The molecule has 2 N–H and O–H groups in total. The highest BCUT2D eigenvalue weighted by Gasteiger charge is 2.45. The lowest BCUT2D eigenvalue weighted by atomic mass is 10.1. The second-order valence-electron chi connectivity index (χ2n) is 4.42. The average molecular weight is 249 g/mol. The first kappa shape index (κ1) is 12.4. The maximum atomic E-state index is 11.0. The second-order valence-corrected chi connectivity index (χ2v) is 4.42. The Morgan fingerprint density at radius 3 is 2.67 bits per heavy atom. The van der Waals surface area contributed by atoms with Crippen LogP contribution in [0.1, 0.15) is 24.8 Å². The lowest BCUT2D eigenvalue weighted by molar-refractivity contribution is -0.138. The molecule has 5 heteroatoms. The van der Waals surface area contributed by atoms with Crippen LogP contribution in [0.15, 0.2) is 18.2 Å². The summed E-state index contributed by atoms with van der Waals surface area (Å²) in [6.07, 6.45) is 0.620. The third-order valence-electron chi connectivity index (χ3n) is 3.06. The minimum atomic E-state index is -0.785. The third kappa shape index (κ3) is 2.45. The van der Waals surface area contributed by atoms with Crippen LogP contribution in [0.4, 0.5) is 5.69 Å². The number of amides is 1. The van der Waals surface area contributed by atoms with E-state index in [1.165, 1.54) is 6.92 Å². The predicted octanol–water partition coefficient (Wildman–Crippen LogP) is 1.84. The van der Waals surface area contributed by atoms with Crippen LogP contribution in [0.2, 0.25) is 0 Å². The fraction of sp³-hybridized carbons (Fsp3) is 0.385. The van der Waals surface area contributed by atoms with Gasteiger partial charge in [0.2, 0.25) is 5.91 Å². The molecule has 2 unspecified atom stereocenters. The molecule has 0 heterocycles. The maximum absolute atomic E-state index is 11.0. The van der Waals surface area contributed by atoms with Gasteiger partial charge in [0.1, 0.15) is 5.75 Å². The van der Waals surface area contributed by atoms with Crippen LogP contribution < -0.4 is 10.1 Å². The lowest BCUT2D eigenvalue weighted by Gasteiger charge is -2.10. The highest BCUT2D eigenvalue weighted by atomic mass is 16.5. The number of carbonyl (C=O) groups excluding carboxylic acids is 1. The Morgan fingerprint density at radius 2 is 2.17 bits per heavy atom. The molecule has 18 heavy (non-hydrogen) atoms. The first-order valence-corrected chi connectivity index (χ1v) is 5.71. The molecule has 96 valence electrons. The Morgan fingerprint density at radius 1 is 1.44 bits per heavy atom. The minimum absolute atomic E-state index is 0.0221. The average Bonchev–Trinajstić information content (AvgIpc) is 3.08. The van der Waals surface area contributed by atoms with Gasteiger partial charge in [-0.05, 0) is 24.6 Å². The summed E-state index contributed by atoms with van der Waals surface area (Å²) in [6.45, 7) is 1.43. The molecule has 0 radical (unpaired) electrons. The van der Waals surface area contributed by atoms with Gasteiger partial charge in [0, 0.05) is 24.1 Å². The van der Waals surface area contributed by atoms with Crippen molar-refractivity contribution in [3.8, 4) is 5.75 Å². The number of hydrogen-bond acceptors (Lipinski definition) is 3. The van der Waals surface area contributed by atoms with E-state index in [1.54, 1.807) is 25.3 Å². The van der Waals surface area contributed by atoms with Gasteiger partial charge < -0.3 is 15.2 Å². The molecule has 1 fully saturated rings. The van der Waals surface area contributed by atoms with Crippen molar-refractivity contribution in [1.29, 1.82) is 0 Å². The number of nitrogens with one attached hydrogen (secondary N) is 1. The molecule has 1 aromatic rings. The number of hydrogen-bond donors (Lipinski definition) is 2. The Labute approximate surface area is 105 Å². The zero-order chi connectivity index (χ0) is 13.3. The van der Waals surface area contributed by atoms with E-state index in [9.17, 15) is 9.59 Å². The molecule has 2 atom stereocenters. The standard InChI is InChI=1S/C13H15NO4/c1-7(15)14-8-3-4-12(18-2)10(5-8)9-6-11(9)13(16)17/h3-5,9,11H,6H2,1-2H3,(H,14,15)(H,16,17). The van der Waals surface area contributed by atoms with Crippen molar-refractivity contribution in [2.24, 2.45) is 5.92 Å². The summed E-state index contributed by atoms with van der Waals surface area (Å²) < 4.78 is 5.23. The van der Waals surface area contributed by atoms with Crippen molar-refractivity contribution in [2.75, 3.05) is 12.4 Å². The van der Waals surface area contributed by atoms with E-state index in [4.69, 9.17) is 9.84 Å². The number of rotatable bonds is 4. The molecule has 0 aromatic heterocycles. The molecule has 0 aliphatic heterocycles.